The van der Waals surface area contributed by atoms with Crippen molar-refractivity contribution in [3.63, 3.8) is 0 Å². The second-order valence-electron chi connectivity index (χ2n) is 4.98. The summed E-state index contributed by atoms with van der Waals surface area (Å²) in [5, 5.41) is 3.25. The molecule has 3 rings (SSSR count). The molecule has 1 unspecified atom stereocenters. The van der Waals surface area contributed by atoms with E-state index in [-0.39, 0.29) is 0 Å². The van der Waals surface area contributed by atoms with Crippen LogP contribution in [0.1, 0.15) is 11.1 Å². The van der Waals surface area contributed by atoms with Gasteiger partial charge in [-0.15, -0.1) is 0 Å². The van der Waals surface area contributed by atoms with Crippen molar-refractivity contribution in [3.8, 4) is 5.75 Å². The Kier molecular flexibility index (Phi) is 3.97. The minimum atomic E-state index is 0.416. The van der Waals surface area contributed by atoms with Crippen molar-refractivity contribution in [1.82, 2.24) is 5.32 Å². The fraction of sp³-hybridized carbons (Fsp3) is 0.235. The number of hydrogen-bond acceptors (Lipinski definition) is 3. The molecule has 1 aliphatic rings. The molecule has 2 aromatic rings. The van der Waals surface area contributed by atoms with E-state index in [1.807, 2.05) is 30.3 Å². The van der Waals surface area contributed by atoms with E-state index in [0.29, 0.717) is 12.6 Å². The lowest BCUT2D eigenvalue weighted by Gasteiger charge is -2.11. The summed E-state index contributed by atoms with van der Waals surface area (Å²) in [6.45, 7) is 1.46. The molecule has 0 saturated heterocycles. The molecule has 0 saturated carbocycles. The molecule has 1 atom stereocenters. The fourth-order valence-corrected chi connectivity index (χ4v) is 2.30. The zero-order chi connectivity index (χ0) is 13.6. The highest BCUT2D eigenvalue weighted by Crippen LogP contribution is 2.17. The van der Waals surface area contributed by atoms with Crippen molar-refractivity contribution in [2.45, 2.75) is 19.1 Å². The molecule has 0 radical (unpaired) electrons. The Morgan fingerprint density at radius 1 is 1.05 bits per heavy atom. The molecule has 1 heterocycles. The summed E-state index contributed by atoms with van der Waals surface area (Å²) >= 11 is 0. The van der Waals surface area contributed by atoms with Gasteiger partial charge in [0.05, 0.1) is 18.9 Å². The normalized spacial score (nSPS) is 16.9. The van der Waals surface area contributed by atoms with E-state index in [1.165, 1.54) is 11.1 Å². The molecule has 0 aliphatic carbocycles. The number of nitrogens with zero attached hydrogens (tertiary/aromatic N) is 1. The molecule has 0 bridgehead atoms. The lowest BCUT2D eigenvalue weighted by atomic mass is 10.1. The first-order chi connectivity index (χ1) is 9.90. The molecular formula is C17H18N2O. The van der Waals surface area contributed by atoms with Gasteiger partial charge in [0.25, 0.3) is 0 Å². The third-order valence-electron chi connectivity index (χ3n) is 3.36. The Labute approximate surface area is 119 Å². The highest BCUT2D eigenvalue weighted by molar-refractivity contribution is 5.57. The van der Waals surface area contributed by atoms with Crippen LogP contribution in [0.5, 0.6) is 5.75 Å². The number of benzene rings is 2. The Balaban J connectivity index is 1.59. The first-order valence-electron chi connectivity index (χ1n) is 6.90. The number of aliphatic imine (C=N–C) groups is 1. The van der Waals surface area contributed by atoms with E-state index in [2.05, 4.69) is 34.6 Å². The van der Waals surface area contributed by atoms with Crippen molar-refractivity contribution in [3.05, 3.63) is 65.7 Å². The Hall–Kier alpha value is -2.29. The summed E-state index contributed by atoms with van der Waals surface area (Å²) in [5.74, 6) is 0.922. The van der Waals surface area contributed by atoms with Gasteiger partial charge in [0, 0.05) is 0 Å². The van der Waals surface area contributed by atoms with E-state index in [9.17, 15) is 0 Å². The van der Waals surface area contributed by atoms with E-state index < -0.39 is 0 Å². The van der Waals surface area contributed by atoms with E-state index in [1.54, 1.807) is 6.34 Å². The van der Waals surface area contributed by atoms with Gasteiger partial charge in [-0.3, -0.25) is 4.99 Å². The van der Waals surface area contributed by atoms with Crippen LogP contribution in [0.2, 0.25) is 0 Å². The third kappa shape index (κ3) is 3.38. The van der Waals surface area contributed by atoms with E-state index in [4.69, 9.17) is 4.74 Å². The minimum absolute atomic E-state index is 0.416. The van der Waals surface area contributed by atoms with Gasteiger partial charge in [0.15, 0.2) is 0 Å². The molecule has 3 nitrogen and oxygen atoms in total. The van der Waals surface area contributed by atoms with Crippen LogP contribution in [0.4, 0.5) is 0 Å². The van der Waals surface area contributed by atoms with Crippen molar-refractivity contribution < 1.29 is 4.74 Å². The molecule has 1 aliphatic heterocycles. The average Bonchev–Trinajstić information content (AvgIpc) is 3.00. The van der Waals surface area contributed by atoms with Gasteiger partial charge in [0.2, 0.25) is 0 Å². The topological polar surface area (TPSA) is 33.6 Å². The monoisotopic (exact) mass is 266 g/mol. The SMILES string of the molecule is C1=NCC(Cc2cccc(OCc3ccccc3)c2)N1. The van der Waals surface area contributed by atoms with Gasteiger partial charge in [-0.2, -0.15) is 0 Å². The molecule has 1 N–H and O–H groups in total. The lowest BCUT2D eigenvalue weighted by Crippen LogP contribution is -2.26. The van der Waals surface area contributed by atoms with Crippen LogP contribution in [0.3, 0.4) is 0 Å². The molecule has 0 fully saturated rings. The maximum absolute atomic E-state index is 5.85. The number of nitrogens with one attached hydrogen (secondary N) is 1. The van der Waals surface area contributed by atoms with Gasteiger partial charge >= 0.3 is 0 Å². The summed E-state index contributed by atoms with van der Waals surface area (Å²) in [4.78, 5) is 4.19. The van der Waals surface area contributed by atoms with Crippen LogP contribution in [-0.4, -0.2) is 18.9 Å². The Morgan fingerprint density at radius 3 is 2.70 bits per heavy atom. The third-order valence-corrected chi connectivity index (χ3v) is 3.36. The van der Waals surface area contributed by atoms with Gasteiger partial charge in [-0.05, 0) is 29.7 Å². The first-order valence-corrected chi connectivity index (χ1v) is 6.90. The molecule has 2 aromatic carbocycles. The van der Waals surface area contributed by atoms with Crippen molar-refractivity contribution in [1.29, 1.82) is 0 Å². The zero-order valence-electron chi connectivity index (χ0n) is 11.3. The average molecular weight is 266 g/mol. The maximum Gasteiger partial charge on any atom is 0.120 e. The van der Waals surface area contributed by atoms with Crippen LogP contribution in [0, 0.1) is 0 Å². The predicted molar refractivity (Wildman–Crippen MR) is 81.2 cm³/mol. The second kappa shape index (κ2) is 6.24. The zero-order valence-corrected chi connectivity index (χ0v) is 11.3. The van der Waals surface area contributed by atoms with Crippen molar-refractivity contribution in [2.24, 2.45) is 4.99 Å². The minimum Gasteiger partial charge on any atom is -0.489 e. The fourth-order valence-electron chi connectivity index (χ4n) is 2.30. The summed E-state index contributed by atoms with van der Waals surface area (Å²) in [6.07, 6.45) is 2.77. The summed E-state index contributed by atoms with van der Waals surface area (Å²) in [5.41, 5.74) is 2.46. The molecule has 20 heavy (non-hydrogen) atoms. The highest BCUT2D eigenvalue weighted by atomic mass is 16.5. The molecule has 3 heteroatoms. The molecule has 0 aromatic heterocycles. The predicted octanol–water partition coefficient (Wildman–Crippen LogP) is 2.81. The van der Waals surface area contributed by atoms with Crippen LogP contribution in [0.15, 0.2) is 59.6 Å². The molecule has 0 amide bonds. The summed E-state index contributed by atoms with van der Waals surface area (Å²) in [7, 11) is 0. The van der Waals surface area contributed by atoms with Gasteiger partial charge < -0.3 is 10.1 Å². The van der Waals surface area contributed by atoms with Crippen molar-refractivity contribution >= 4 is 6.34 Å². The smallest absolute Gasteiger partial charge is 0.120 e. The van der Waals surface area contributed by atoms with Gasteiger partial charge in [-0.1, -0.05) is 42.5 Å². The van der Waals surface area contributed by atoms with E-state index >= 15 is 0 Å². The standard InChI is InChI=1S/C17H18N2O/c1-2-5-14(6-3-1)12-20-17-8-4-7-15(10-17)9-16-11-18-13-19-16/h1-8,10,13,16H,9,11-12H2,(H,18,19). The van der Waals surface area contributed by atoms with Crippen LogP contribution < -0.4 is 10.1 Å². The van der Waals surface area contributed by atoms with Gasteiger partial charge in [0.1, 0.15) is 12.4 Å². The second-order valence-corrected chi connectivity index (χ2v) is 4.98. The number of hydrogen-bond donors (Lipinski definition) is 1. The molecule has 0 spiro atoms. The summed E-state index contributed by atoms with van der Waals surface area (Å²) < 4.78 is 5.85. The van der Waals surface area contributed by atoms with Gasteiger partial charge in [-0.25, -0.2) is 0 Å². The first kappa shape index (κ1) is 12.7. The number of ether oxygens (including phenoxy) is 1. The Morgan fingerprint density at radius 2 is 1.90 bits per heavy atom. The van der Waals surface area contributed by atoms with Crippen molar-refractivity contribution in [2.75, 3.05) is 6.54 Å². The quantitative estimate of drug-likeness (QED) is 0.903. The number of rotatable bonds is 5. The molecule has 102 valence electrons. The van der Waals surface area contributed by atoms with Crippen LogP contribution in [0.25, 0.3) is 0 Å². The molecular weight excluding hydrogens is 248 g/mol. The maximum atomic E-state index is 5.85. The Bertz CT molecular complexity index is 573. The highest BCUT2D eigenvalue weighted by Gasteiger charge is 2.11. The lowest BCUT2D eigenvalue weighted by molar-refractivity contribution is 0.306. The van der Waals surface area contributed by atoms with Crippen LogP contribution in [-0.2, 0) is 13.0 Å². The summed E-state index contributed by atoms with van der Waals surface area (Å²) in [6, 6.07) is 18.9. The van der Waals surface area contributed by atoms with Crippen LogP contribution >= 0.6 is 0 Å². The largest absolute Gasteiger partial charge is 0.489 e. The van der Waals surface area contributed by atoms with E-state index in [0.717, 1.165) is 18.7 Å².